The number of aryl methyl sites for hydroxylation is 1. The first-order chi connectivity index (χ1) is 13.6. The number of benzene rings is 1. The second kappa shape index (κ2) is 8.06. The Morgan fingerprint density at radius 1 is 1.14 bits per heavy atom. The van der Waals surface area contributed by atoms with Gasteiger partial charge in [0.2, 0.25) is 5.91 Å². The fourth-order valence-electron chi connectivity index (χ4n) is 3.87. The molecule has 2 N–H and O–H groups in total. The van der Waals surface area contributed by atoms with E-state index in [1.54, 1.807) is 11.0 Å². The summed E-state index contributed by atoms with van der Waals surface area (Å²) >= 11 is 0. The van der Waals surface area contributed by atoms with Crippen LogP contribution in [0.1, 0.15) is 35.3 Å². The Bertz CT molecular complexity index is 875. The Hall–Kier alpha value is -2.80. The maximum Gasteiger partial charge on any atom is 0.274 e. The third-order valence-electron chi connectivity index (χ3n) is 5.52. The lowest BCUT2D eigenvalue weighted by atomic mass is 9.97. The summed E-state index contributed by atoms with van der Waals surface area (Å²) in [7, 11) is 1.83. The average molecular weight is 379 g/mol. The van der Waals surface area contributed by atoms with E-state index >= 15 is 0 Å². The number of piperidine rings is 1. The quantitative estimate of drug-likeness (QED) is 0.850. The van der Waals surface area contributed by atoms with Crippen molar-refractivity contribution in [2.75, 3.05) is 32.0 Å². The van der Waals surface area contributed by atoms with Gasteiger partial charge in [-0.05, 0) is 68.1 Å². The smallest absolute Gasteiger partial charge is 0.274 e. The molecule has 1 aromatic heterocycles. The second-order valence-electron chi connectivity index (χ2n) is 7.60. The Morgan fingerprint density at radius 3 is 2.71 bits per heavy atom. The lowest BCUT2D eigenvalue weighted by molar-refractivity contribution is -0.116. The molecule has 28 heavy (non-hydrogen) atoms. The minimum atomic E-state index is -0.0919. The molecule has 2 amide bonds. The number of carbonyl (C=O) groups excluding carboxylic acids is 2. The van der Waals surface area contributed by atoms with E-state index in [2.05, 4.69) is 20.8 Å². The van der Waals surface area contributed by atoms with E-state index < -0.39 is 0 Å². The third kappa shape index (κ3) is 4.04. The highest BCUT2D eigenvalue weighted by Gasteiger charge is 2.20. The van der Waals surface area contributed by atoms with Crippen molar-refractivity contribution in [3.05, 3.63) is 41.6 Å². The van der Waals surface area contributed by atoms with Crippen LogP contribution in [0, 0.1) is 5.92 Å². The predicted molar refractivity (Wildman–Crippen MR) is 107 cm³/mol. The molecule has 0 radical (unpaired) electrons. The van der Waals surface area contributed by atoms with Crippen LogP contribution in [-0.4, -0.2) is 53.6 Å². The SMILES string of the molecule is CN(CC1CCNCC1)C(=O)c1ccc(-c2ccc3c(c2)CCC(=O)N3)nn1. The average Bonchev–Trinajstić information content (AvgIpc) is 2.73. The fourth-order valence-corrected chi connectivity index (χ4v) is 3.87. The molecule has 2 aromatic rings. The predicted octanol–water partition coefficient (Wildman–Crippen LogP) is 2.10. The number of amides is 2. The number of carbonyl (C=O) groups is 2. The summed E-state index contributed by atoms with van der Waals surface area (Å²) in [6.45, 7) is 2.79. The van der Waals surface area contributed by atoms with Gasteiger partial charge in [0.15, 0.2) is 5.69 Å². The lowest BCUT2D eigenvalue weighted by Crippen LogP contribution is -2.37. The third-order valence-corrected chi connectivity index (χ3v) is 5.52. The van der Waals surface area contributed by atoms with Gasteiger partial charge < -0.3 is 15.5 Å². The number of anilines is 1. The van der Waals surface area contributed by atoms with Gasteiger partial charge in [0.1, 0.15) is 0 Å². The number of hydrogen-bond acceptors (Lipinski definition) is 5. The standard InChI is InChI=1S/C21H25N5O2/c1-26(13-14-8-10-22-11-9-14)21(28)19-6-5-18(24-25-19)16-2-4-17-15(12-16)3-7-20(27)23-17/h2,4-6,12,14,22H,3,7-11,13H2,1H3,(H,23,27). The van der Waals surface area contributed by atoms with E-state index in [4.69, 9.17) is 0 Å². The van der Waals surface area contributed by atoms with Gasteiger partial charge in [-0.15, -0.1) is 10.2 Å². The molecule has 1 saturated heterocycles. The van der Waals surface area contributed by atoms with Gasteiger partial charge in [-0.1, -0.05) is 6.07 Å². The largest absolute Gasteiger partial charge is 0.340 e. The number of nitrogens with one attached hydrogen (secondary N) is 2. The van der Waals surface area contributed by atoms with E-state index in [0.29, 0.717) is 18.0 Å². The van der Waals surface area contributed by atoms with E-state index in [-0.39, 0.29) is 11.8 Å². The zero-order chi connectivity index (χ0) is 19.5. The number of fused-ring (bicyclic) bond motifs is 1. The first-order valence-electron chi connectivity index (χ1n) is 9.83. The minimum Gasteiger partial charge on any atom is -0.340 e. The molecule has 1 fully saturated rings. The maximum absolute atomic E-state index is 12.7. The highest BCUT2D eigenvalue weighted by atomic mass is 16.2. The van der Waals surface area contributed by atoms with Crippen molar-refractivity contribution >= 4 is 17.5 Å². The molecule has 2 aliphatic heterocycles. The normalized spacial score (nSPS) is 17.0. The molecule has 4 rings (SSSR count). The highest BCUT2D eigenvalue weighted by molar-refractivity contribution is 5.94. The van der Waals surface area contributed by atoms with Crippen LogP contribution in [0.15, 0.2) is 30.3 Å². The van der Waals surface area contributed by atoms with Gasteiger partial charge in [-0.25, -0.2) is 0 Å². The molecule has 0 bridgehead atoms. The van der Waals surface area contributed by atoms with Crippen LogP contribution in [-0.2, 0) is 11.2 Å². The van der Waals surface area contributed by atoms with Gasteiger partial charge in [-0.3, -0.25) is 9.59 Å². The highest BCUT2D eigenvalue weighted by Crippen LogP contribution is 2.27. The Kier molecular flexibility index (Phi) is 5.34. The number of nitrogens with zero attached hydrogens (tertiary/aromatic N) is 3. The van der Waals surface area contributed by atoms with Crippen LogP contribution in [0.25, 0.3) is 11.3 Å². The molecule has 2 aliphatic rings. The molecule has 1 aromatic carbocycles. The Labute approximate surface area is 164 Å². The first-order valence-corrected chi connectivity index (χ1v) is 9.83. The molecule has 7 nitrogen and oxygen atoms in total. The number of hydrogen-bond donors (Lipinski definition) is 2. The van der Waals surface area contributed by atoms with Crippen molar-refractivity contribution in [2.45, 2.75) is 25.7 Å². The van der Waals surface area contributed by atoms with Gasteiger partial charge in [0, 0.05) is 31.3 Å². The van der Waals surface area contributed by atoms with Gasteiger partial charge >= 0.3 is 0 Å². The van der Waals surface area contributed by atoms with E-state index in [9.17, 15) is 9.59 Å². The zero-order valence-corrected chi connectivity index (χ0v) is 16.1. The van der Waals surface area contributed by atoms with Crippen LogP contribution in [0.5, 0.6) is 0 Å². The molecule has 3 heterocycles. The van der Waals surface area contributed by atoms with Crippen LogP contribution < -0.4 is 10.6 Å². The summed E-state index contributed by atoms with van der Waals surface area (Å²) in [4.78, 5) is 25.9. The lowest BCUT2D eigenvalue weighted by Gasteiger charge is -2.27. The molecule has 0 atom stereocenters. The molecule has 0 spiro atoms. The van der Waals surface area contributed by atoms with Crippen molar-refractivity contribution in [2.24, 2.45) is 5.92 Å². The topological polar surface area (TPSA) is 87.2 Å². The monoisotopic (exact) mass is 379 g/mol. The van der Waals surface area contributed by atoms with Crippen molar-refractivity contribution in [3.8, 4) is 11.3 Å². The summed E-state index contributed by atoms with van der Waals surface area (Å²) in [5.41, 5.74) is 3.98. The molecule has 0 aliphatic carbocycles. The molecule has 0 saturated carbocycles. The summed E-state index contributed by atoms with van der Waals surface area (Å²) < 4.78 is 0. The summed E-state index contributed by atoms with van der Waals surface area (Å²) in [6, 6.07) is 9.42. The van der Waals surface area contributed by atoms with Crippen molar-refractivity contribution in [1.82, 2.24) is 20.4 Å². The van der Waals surface area contributed by atoms with Gasteiger partial charge in [-0.2, -0.15) is 0 Å². The van der Waals surface area contributed by atoms with Gasteiger partial charge in [0.05, 0.1) is 5.69 Å². The summed E-state index contributed by atoms with van der Waals surface area (Å²) in [6.07, 6.45) is 3.42. The molecule has 146 valence electrons. The fraction of sp³-hybridized carbons (Fsp3) is 0.429. The maximum atomic E-state index is 12.7. The van der Waals surface area contributed by atoms with E-state index in [1.165, 1.54) is 0 Å². The van der Waals surface area contributed by atoms with Crippen molar-refractivity contribution < 1.29 is 9.59 Å². The van der Waals surface area contributed by atoms with E-state index in [1.807, 2.05) is 31.3 Å². The van der Waals surface area contributed by atoms with Crippen LogP contribution in [0.4, 0.5) is 5.69 Å². The minimum absolute atomic E-state index is 0.0523. The summed E-state index contributed by atoms with van der Waals surface area (Å²) in [5, 5.41) is 14.7. The number of rotatable bonds is 4. The number of aromatic nitrogens is 2. The molecule has 0 unspecified atom stereocenters. The van der Waals surface area contributed by atoms with Crippen molar-refractivity contribution in [1.29, 1.82) is 0 Å². The second-order valence-corrected chi connectivity index (χ2v) is 7.60. The van der Waals surface area contributed by atoms with Crippen LogP contribution in [0.3, 0.4) is 0 Å². The van der Waals surface area contributed by atoms with Crippen molar-refractivity contribution in [3.63, 3.8) is 0 Å². The van der Waals surface area contributed by atoms with Crippen LogP contribution in [0.2, 0.25) is 0 Å². The first kappa shape index (κ1) is 18.6. The molecular weight excluding hydrogens is 354 g/mol. The zero-order valence-electron chi connectivity index (χ0n) is 16.1. The van der Waals surface area contributed by atoms with Gasteiger partial charge in [0.25, 0.3) is 5.91 Å². The molecular formula is C21H25N5O2. The molecule has 7 heteroatoms. The Balaban J connectivity index is 1.44. The van der Waals surface area contributed by atoms with Crippen LogP contribution >= 0.6 is 0 Å². The summed E-state index contributed by atoms with van der Waals surface area (Å²) in [5.74, 6) is 0.501. The Morgan fingerprint density at radius 2 is 1.96 bits per heavy atom. The van der Waals surface area contributed by atoms with E-state index in [0.717, 1.165) is 61.4 Å².